The molecule has 1 N–H and O–H groups in total. The summed E-state index contributed by atoms with van der Waals surface area (Å²) >= 11 is 0. The van der Waals surface area contributed by atoms with E-state index in [2.05, 4.69) is 5.32 Å². The van der Waals surface area contributed by atoms with Crippen molar-refractivity contribution in [3.8, 4) is 0 Å². The fourth-order valence-corrected chi connectivity index (χ4v) is 3.90. The summed E-state index contributed by atoms with van der Waals surface area (Å²) in [5.74, 6) is -4.71. The van der Waals surface area contributed by atoms with Crippen LogP contribution >= 0.6 is 12.4 Å². The van der Waals surface area contributed by atoms with Gasteiger partial charge in [0.05, 0.1) is 0 Å². The van der Waals surface area contributed by atoms with Crippen LogP contribution < -0.4 is 5.32 Å². The summed E-state index contributed by atoms with van der Waals surface area (Å²) in [5, 5.41) is 2.94. The molecule has 0 amide bonds. The predicted molar refractivity (Wildman–Crippen MR) is 74.4 cm³/mol. The largest absolute Gasteiger partial charge is 0.319 e. The van der Waals surface area contributed by atoms with Crippen LogP contribution in [0.5, 0.6) is 0 Å². The molecule has 9 heteroatoms. The lowest BCUT2D eigenvalue weighted by molar-refractivity contribution is 0.419. The van der Waals surface area contributed by atoms with E-state index in [1.807, 2.05) is 0 Å². The van der Waals surface area contributed by atoms with Crippen LogP contribution in [0.4, 0.5) is 13.2 Å². The van der Waals surface area contributed by atoms with Crippen LogP contribution in [-0.2, 0) is 10.0 Å². The molecule has 1 unspecified atom stereocenters. The van der Waals surface area contributed by atoms with Gasteiger partial charge in [0.1, 0.15) is 4.90 Å². The van der Waals surface area contributed by atoms with Gasteiger partial charge in [-0.05, 0) is 38.1 Å². The molecule has 1 aliphatic rings. The number of halogens is 4. The Morgan fingerprint density at radius 2 is 1.95 bits per heavy atom. The van der Waals surface area contributed by atoms with E-state index >= 15 is 0 Å². The minimum absolute atomic E-state index is 0. The van der Waals surface area contributed by atoms with Gasteiger partial charge >= 0.3 is 0 Å². The molecular formula is C12H16ClF3N2O2S. The molecule has 1 aliphatic heterocycles. The Balaban J connectivity index is 0.00000220. The lowest BCUT2D eigenvalue weighted by Gasteiger charge is -2.17. The first-order chi connectivity index (χ1) is 9.37. The number of hydrogen-bond donors (Lipinski definition) is 1. The maximum Gasteiger partial charge on any atom is 0.246 e. The monoisotopic (exact) mass is 344 g/mol. The van der Waals surface area contributed by atoms with Crippen molar-refractivity contribution in [1.82, 2.24) is 9.62 Å². The Morgan fingerprint density at radius 3 is 2.57 bits per heavy atom. The van der Waals surface area contributed by atoms with Gasteiger partial charge in [0.2, 0.25) is 10.0 Å². The molecule has 1 saturated heterocycles. The molecule has 4 nitrogen and oxygen atoms in total. The molecule has 120 valence electrons. The quantitative estimate of drug-likeness (QED) is 0.847. The van der Waals surface area contributed by atoms with Crippen molar-refractivity contribution in [1.29, 1.82) is 0 Å². The van der Waals surface area contributed by atoms with Gasteiger partial charge in [-0.2, -0.15) is 4.31 Å². The number of nitrogens with one attached hydrogen (secondary N) is 1. The molecule has 1 fully saturated rings. The normalized spacial score (nSPS) is 19.5. The third-order valence-electron chi connectivity index (χ3n) is 3.36. The second-order valence-corrected chi connectivity index (χ2v) is 6.66. The van der Waals surface area contributed by atoms with Crippen molar-refractivity contribution in [2.45, 2.75) is 11.3 Å². The second kappa shape index (κ2) is 6.95. The van der Waals surface area contributed by atoms with Gasteiger partial charge in [-0.3, -0.25) is 0 Å². The van der Waals surface area contributed by atoms with Crippen molar-refractivity contribution in [2.75, 3.05) is 26.7 Å². The molecule has 0 spiro atoms. The highest BCUT2D eigenvalue weighted by atomic mass is 35.5. The Hall–Kier alpha value is -0.830. The van der Waals surface area contributed by atoms with Gasteiger partial charge in [-0.1, -0.05) is 0 Å². The Labute approximate surface area is 127 Å². The third-order valence-corrected chi connectivity index (χ3v) is 5.24. The van der Waals surface area contributed by atoms with Gasteiger partial charge in [-0.25, -0.2) is 21.6 Å². The minimum atomic E-state index is -4.14. The topological polar surface area (TPSA) is 49.4 Å². The lowest BCUT2D eigenvalue weighted by atomic mass is 10.1. The van der Waals surface area contributed by atoms with Crippen LogP contribution in [-0.4, -0.2) is 39.4 Å². The number of rotatable bonds is 4. The summed E-state index contributed by atoms with van der Waals surface area (Å²) in [5.41, 5.74) is 0. The van der Waals surface area contributed by atoms with Gasteiger partial charge in [0, 0.05) is 13.1 Å². The zero-order valence-corrected chi connectivity index (χ0v) is 12.9. The van der Waals surface area contributed by atoms with Crippen molar-refractivity contribution >= 4 is 22.4 Å². The third kappa shape index (κ3) is 3.50. The maximum absolute atomic E-state index is 13.6. The van der Waals surface area contributed by atoms with E-state index < -0.39 is 32.4 Å². The molecule has 0 aliphatic carbocycles. The molecule has 0 radical (unpaired) electrons. The fraction of sp³-hybridized carbons (Fsp3) is 0.500. The van der Waals surface area contributed by atoms with E-state index in [1.54, 1.807) is 7.05 Å². The number of nitrogens with zero attached hydrogens (tertiary/aromatic N) is 1. The Kier molecular flexibility index (Phi) is 6.03. The predicted octanol–water partition coefficient (Wildman–Crippen LogP) is 1.76. The smallest absolute Gasteiger partial charge is 0.246 e. The number of benzene rings is 1. The highest BCUT2D eigenvalue weighted by molar-refractivity contribution is 7.89. The summed E-state index contributed by atoms with van der Waals surface area (Å²) in [6.07, 6.45) is 0.644. The first kappa shape index (κ1) is 18.2. The highest BCUT2D eigenvalue weighted by Gasteiger charge is 2.35. The van der Waals surface area contributed by atoms with E-state index in [0.29, 0.717) is 19.0 Å². The fourth-order valence-electron chi connectivity index (χ4n) is 2.32. The zero-order valence-electron chi connectivity index (χ0n) is 11.3. The van der Waals surface area contributed by atoms with Gasteiger partial charge in [0.25, 0.3) is 0 Å². The highest BCUT2D eigenvalue weighted by Crippen LogP contribution is 2.27. The molecule has 2 rings (SSSR count). The minimum Gasteiger partial charge on any atom is -0.319 e. The van der Waals surface area contributed by atoms with Crippen LogP contribution in [0.2, 0.25) is 0 Å². The lowest BCUT2D eigenvalue weighted by Crippen LogP contribution is -2.31. The molecule has 0 bridgehead atoms. The summed E-state index contributed by atoms with van der Waals surface area (Å²) in [7, 11) is -2.38. The zero-order chi connectivity index (χ0) is 14.9. The van der Waals surface area contributed by atoms with Crippen LogP contribution in [0.3, 0.4) is 0 Å². The molecule has 1 aromatic rings. The summed E-state index contributed by atoms with van der Waals surface area (Å²) in [4.78, 5) is -0.818. The average molecular weight is 345 g/mol. The molecule has 0 saturated carbocycles. The molecule has 1 atom stereocenters. The standard InChI is InChI=1S/C12H15F3N2O2S.ClH/c1-16-6-8-4-5-17(7-8)20(18,19)10-3-2-9(13)11(14)12(10)15;/h2-3,8,16H,4-7H2,1H3;1H. The van der Waals surface area contributed by atoms with E-state index in [4.69, 9.17) is 0 Å². The second-order valence-electron chi connectivity index (χ2n) is 4.75. The van der Waals surface area contributed by atoms with Gasteiger partial charge in [-0.15, -0.1) is 12.4 Å². The summed E-state index contributed by atoms with van der Waals surface area (Å²) in [6, 6.07) is 1.38. The Morgan fingerprint density at radius 1 is 1.29 bits per heavy atom. The van der Waals surface area contributed by atoms with Crippen LogP contribution in [0.1, 0.15) is 6.42 Å². The maximum atomic E-state index is 13.6. The van der Waals surface area contributed by atoms with Gasteiger partial charge < -0.3 is 5.32 Å². The van der Waals surface area contributed by atoms with E-state index in [0.717, 1.165) is 10.4 Å². The van der Waals surface area contributed by atoms with Crippen LogP contribution in [0.25, 0.3) is 0 Å². The average Bonchev–Trinajstić information content (AvgIpc) is 2.85. The first-order valence-electron chi connectivity index (χ1n) is 6.16. The molecule has 1 heterocycles. The van der Waals surface area contributed by atoms with Crippen molar-refractivity contribution in [3.05, 3.63) is 29.6 Å². The molecule has 1 aromatic carbocycles. The SMILES string of the molecule is CNCC1CCN(S(=O)(=O)c2ccc(F)c(F)c2F)C1.Cl. The van der Waals surface area contributed by atoms with Crippen LogP contribution in [0.15, 0.2) is 17.0 Å². The van der Waals surface area contributed by atoms with E-state index in [-0.39, 0.29) is 31.4 Å². The van der Waals surface area contributed by atoms with Crippen molar-refractivity contribution in [2.24, 2.45) is 5.92 Å². The van der Waals surface area contributed by atoms with E-state index in [9.17, 15) is 21.6 Å². The Bertz CT molecular complexity index is 613. The molecule has 21 heavy (non-hydrogen) atoms. The molecular weight excluding hydrogens is 329 g/mol. The van der Waals surface area contributed by atoms with Crippen molar-refractivity contribution < 1.29 is 21.6 Å². The number of hydrogen-bond acceptors (Lipinski definition) is 3. The van der Waals surface area contributed by atoms with Crippen molar-refractivity contribution in [3.63, 3.8) is 0 Å². The summed E-state index contributed by atoms with van der Waals surface area (Å²) < 4.78 is 65.2. The van der Waals surface area contributed by atoms with Gasteiger partial charge in [0.15, 0.2) is 17.5 Å². The van der Waals surface area contributed by atoms with E-state index in [1.165, 1.54) is 0 Å². The van der Waals surface area contributed by atoms with Crippen LogP contribution in [0, 0.1) is 23.4 Å². The first-order valence-corrected chi connectivity index (χ1v) is 7.60. The summed E-state index contributed by atoms with van der Waals surface area (Å²) in [6.45, 7) is 1.13. The number of sulfonamides is 1. The molecule has 0 aromatic heterocycles.